The Labute approximate surface area is 217 Å². The van der Waals surface area contributed by atoms with Gasteiger partial charge in [0, 0.05) is 11.9 Å². The fourth-order valence-electron chi connectivity index (χ4n) is 6.54. The highest BCUT2D eigenvalue weighted by atomic mass is 16.5. The minimum atomic E-state index is -0.885. The van der Waals surface area contributed by atoms with Crippen LogP contribution in [0, 0.1) is 11.3 Å². The molecule has 2 unspecified atom stereocenters. The maximum absolute atomic E-state index is 12.8. The third-order valence-corrected chi connectivity index (χ3v) is 8.28. The van der Waals surface area contributed by atoms with E-state index in [1.165, 1.54) is 10.8 Å². The van der Waals surface area contributed by atoms with Crippen molar-refractivity contribution in [3.63, 3.8) is 0 Å². The zero-order chi connectivity index (χ0) is 26.2. The summed E-state index contributed by atoms with van der Waals surface area (Å²) in [7, 11) is 0. The molecular weight excluding hydrogens is 480 g/mol. The van der Waals surface area contributed by atoms with Crippen molar-refractivity contribution >= 4 is 21.8 Å². The quantitative estimate of drug-likeness (QED) is 0.358. The summed E-state index contributed by atoms with van der Waals surface area (Å²) in [6.07, 6.45) is 3.03. The Kier molecular flexibility index (Phi) is 4.57. The second-order valence-electron chi connectivity index (χ2n) is 10.3. The Bertz CT molecular complexity index is 1900. The number of nitriles is 1. The summed E-state index contributed by atoms with van der Waals surface area (Å²) in [5.74, 6) is -0.264. The fourth-order valence-corrected chi connectivity index (χ4v) is 6.54. The smallest absolute Gasteiger partial charge is 0.269 e. The molecule has 2 atom stereocenters. The molecule has 0 saturated carbocycles. The zero-order valence-corrected chi connectivity index (χ0v) is 20.7. The van der Waals surface area contributed by atoms with E-state index in [9.17, 15) is 20.3 Å². The SMILES string of the molecule is CC12CCC(CCn3c(=O)cnc4ccccc43)(O1)c1c2c(O)n(-c2ccc3ccccc3c2C#N)c1O. The molecule has 1 fully saturated rings. The molecule has 8 nitrogen and oxygen atoms in total. The number of aryl methyl sites for hydroxylation is 1. The predicted octanol–water partition coefficient (Wildman–Crippen LogP) is 4.95. The van der Waals surface area contributed by atoms with Crippen molar-refractivity contribution in [2.45, 2.75) is 43.9 Å². The first-order valence-corrected chi connectivity index (χ1v) is 12.6. The van der Waals surface area contributed by atoms with Crippen molar-refractivity contribution < 1.29 is 14.9 Å². The van der Waals surface area contributed by atoms with Gasteiger partial charge in [0.05, 0.1) is 45.2 Å². The highest BCUT2D eigenvalue weighted by Crippen LogP contribution is 2.65. The van der Waals surface area contributed by atoms with E-state index in [0.29, 0.717) is 48.2 Å². The van der Waals surface area contributed by atoms with Crippen molar-refractivity contribution in [2.24, 2.45) is 0 Å². The lowest BCUT2D eigenvalue weighted by Gasteiger charge is -2.27. The van der Waals surface area contributed by atoms with E-state index in [2.05, 4.69) is 11.1 Å². The van der Waals surface area contributed by atoms with E-state index in [4.69, 9.17) is 4.74 Å². The van der Waals surface area contributed by atoms with Gasteiger partial charge in [0.2, 0.25) is 11.8 Å². The van der Waals surface area contributed by atoms with Gasteiger partial charge >= 0.3 is 0 Å². The Morgan fingerprint density at radius 3 is 2.63 bits per heavy atom. The van der Waals surface area contributed by atoms with Gasteiger partial charge in [-0.05, 0) is 49.8 Å². The standard InChI is InChI=1S/C30H24N4O4/c1-29-12-13-30(38-29,14-15-33-23-9-5-4-8-21(23)32-17-24(33)35)26-25(29)27(36)34(28(26)37)22-11-10-18-6-2-3-7-19(18)20(22)16-31/h2-11,17,36-37H,12-15H2,1H3. The number of hydrogen-bond acceptors (Lipinski definition) is 6. The van der Waals surface area contributed by atoms with Gasteiger partial charge in [-0.2, -0.15) is 5.26 Å². The first-order chi connectivity index (χ1) is 18.4. The molecule has 3 aromatic carbocycles. The number of fused-ring (bicyclic) bond motifs is 7. The summed E-state index contributed by atoms with van der Waals surface area (Å²) in [5.41, 5.74) is 1.42. The van der Waals surface area contributed by atoms with Crippen molar-refractivity contribution in [3.8, 4) is 23.5 Å². The van der Waals surface area contributed by atoms with Crippen LogP contribution in [0.3, 0.4) is 0 Å². The first kappa shape index (κ1) is 22.6. The van der Waals surface area contributed by atoms with Crippen LogP contribution in [-0.2, 0) is 22.5 Å². The summed E-state index contributed by atoms with van der Waals surface area (Å²) in [6.45, 7) is 2.27. The van der Waals surface area contributed by atoms with Crippen LogP contribution in [0.15, 0.2) is 71.7 Å². The molecule has 2 aliphatic heterocycles. The maximum Gasteiger partial charge on any atom is 0.269 e. The molecule has 38 heavy (non-hydrogen) atoms. The Balaban J connectivity index is 1.37. The molecule has 0 radical (unpaired) electrons. The summed E-state index contributed by atoms with van der Waals surface area (Å²) < 4.78 is 9.63. The van der Waals surface area contributed by atoms with Crippen molar-refractivity contribution in [1.82, 2.24) is 14.1 Å². The van der Waals surface area contributed by atoms with Gasteiger partial charge in [-0.3, -0.25) is 4.79 Å². The number of rotatable bonds is 4. The molecule has 0 aliphatic carbocycles. The number of ether oxygens (including phenoxy) is 1. The molecule has 2 N–H and O–H groups in total. The molecule has 5 aromatic rings. The molecule has 1 saturated heterocycles. The average Bonchev–Trinajstić information content (AvgIpc) is 3.51. The summed E-state index contributed by atoms with van der Waals surface area (Å²) >= 11 is 0. The van der Waals surface area contributed by atoms with Crippen LogP contribution in [0.2, 0.25) is 0 Å². The third-order valence-electron chi connectivity index (χ3n) is 8.28. The van der Waals surface area contributed by atoms with Crippen LogP contribution < -0.4 is 5.56 Å². The van der Waals surface area contributed by atoms with Gasteiger partial charge < -0.3 is 19.5 Å². The number of nitrogens with zero attached hydrogens (tertiary/aromatic N) is 4. The van der Waals surface area contributed by atoms with Crippen LogP contribution >= 0.6 is 0 Å². The monoisotopic (exact) mass is 504 g/mol. The lowest BCUT2D eigenvalue weighted by atomic mass is 9.77. The molecule has 0 spiro atoms. The minimum absolute atomic E-state index is 0.125. The summed E-state index contributed by atoms with van der Waals surface area (Å²) in [6, 6.07) is 20.9. The Morgan fingerprint density at radius 1 is 1.03 bits per heavy atom. The van der Waals surface area contributed by atoms with E-state index < -0.39 is 11.2 Å². The topological polar surface area (TPSA) is 113 Å². The molecule has 188 valence electrons. The maximum atomic E-state index is 12.8. The van der Waals surface area contributed by atoms with Crippen LogP contribution in [0.5, 0.6) is 11.8 Å². The van der Waals surface area contributed by atoms with Gasteiger partial charge in [-0.25, -0.2) is 9.55 Å². The minimum Gasteiger partial charge on any atom is -0.494 e. The van der Waals surface area contributed by atoms with Gasteiger partial charge in [-0.1, -0.05) is 42.5 Å². The fraction of sp³-hybridized carbons (Fsp3) is 0.233. The van der Waals surface area contributed by atoms with E-state index in [1.807, 2.05) is 61.5 Å². The van der Waals surface area contributed by atoms with Crippen LogP contribution in [0.1, 0.15) is 42.9 Å². The van der Waals surface area contributed by atoms with E-state index in [1.54, 1.807) is 10.6 Å². The molecule has 4 heterocycles. The molecule has 2 aliphatic rings. The van der Waals surface area contributed by atoms with Gasteiger partial charge in [0.15, 0.2) is 0 Å². The molecule has 8 heteroatoms. The lowest BCUT2D eigenvalue weighted by Crippen LogP contribution is -2.28. The van der Waals surface area contributed by atoms with Crippen molar-refractivity contribution in [2.75, 3.05) is 0 Å². The number of benzene rings is 3. The normalized spacial score (nSPS) is 21.7. The molecule has 0 amide bonds. The van der Waals surface area contributed by atoms with Crippen molar-refractivity contribution in [1.29, 1.82) is 5.26 Å². The van der Waals surface area contributed by atoms with Gasteiger partial charge in [0.25, 0.3) is 5.56 Å². The molecular formula is C30H24N4O4. The molecule has 2 bridgehead atoms. The van der Waals surface area contributed by atoms with E-state index >= 15 is 0 Å². The first-order valence-electron chi connectivity index (χ1n) is 12.6. The van der Waals surface area contributed by atoms with Crippen molar-refractivity contribution in [3.05, 3.63) is 93.9 Å². The largest absolute Gasteiger partial charge is 0.494 e. The van der Waals surface area contributed by atoms with Crippen LogP contribution in [0.25, 0.3) is 27.5 Å². The van der Waals surface area contributed by atoms with Crippen LogP contribution in [-0.4, -0.2) is 24.3 Å². The second-order valence-corrected chi connectivity index (χ2v) is 10.3. The van der Waals surface area contributed by atoms with Crippen LogP contribution in [0.4, 0.5) is 0 Å². The average molecular weight is 505 g/mol. The molecule has 2 aromatic heterocycles. The third kappa shape index (κ3) is 2.88. The highest BCUT2D eigenvalue weighted by Gasteiger charge is 2.61. The lowest BCUT2D eigenvalue weighted by molar-refractivity contribution is -0.0851. The number of aromatic nitrogens is 3. The second kappa shape index (κ2) is 7.70. The Morgan fingerprint density at radius 2 is 1.79 bits per heavy atom. The van der Waals surface area contributed by atoms with E-state index in [-0.39, 0.29) is 17.3 Å². The Hall–Kier alpha value is -4.61. The number of hydrogen-bond donors (Lipinski definition) is 2. The summed E-state index contributed by atoms with van der Waals surface area (Å²) in [5, 5.41) is 34.8. The number of para-hydroxylation sites is 2. The predicted molar refractivity (Wildman–Crippen MR) is 141 cm³/mol. The van der Waals surface area contributed by atoms with E-state index in [0.717, 1.165) is 21.8 Å². The van der Waals surface area contributed by atoms with Gasteiger partial charge in [-0.15, -0.1) is 0 Å². The zero-order valence-electron chi connectivity index (χ0n) is 20.7. The highest BCUT2D eigenvalue weighted by molar-refractivity contribution is 5.91. The summed E-state index contributed by atoms with van der Waals surface area (Å²) in [4.78, 5) is 17.0. The molecule has 7 rings (SSSR count). The van der Waals surface area contributed by atoms with Gasteiger partial charge in [0.1, 0.15) is 11.7 Å². The number of aromatic hydroxyl groups is 2.